The third-order valence-corrected chi connectivity index (χ3v) is 1.96. The van der Waals surface area contributed by atoms with Gasteiger partial charge in [-0.15, -0.1) is 0 Å². The van der Waals surface area contributed by atoms with Crippen LogP contribution in [0.4, 0.5) is 18.9 Å². The lowest BCUT2D eigenvalue weighted by molar-refractivity contribution is -0.384. The SMILES string of the molecule is N[C@H](CC(F)(F)F)c1cccc([N+](=O)[O-])c1. The van der Waals surface area contributed by atoms with Gasteiger partial charge in [-0.3, -0.25) is 10.1 Å². The molecule has 0 saturated carbocycles. The lowest BCUT2D eigenvalue weighted by Crippen LogP contribution is -2.20. The summed E-state index contributed by atoms with van der Waals surface area (Å²) < 4.78 is 36.1. The number of nitro benzene ring substituents is 1. The van der Waals surface area contributed by atoms with E-state index in [1.54, 1.807) is 0 Å². The highest BCUT2D eigenvalue weighted by atomic mass is 19.4. The normalized spacial score (nSPS) is 13.5. The van der Waals surface area contributed by atoms with Crippen LogP contribution in [0.5, 0.6) is 0 Å². The number of rotatable bonds is 3. The minimum absolute atomic E-state index is 0.103. The molecule has 88 valence electrons. The van der Waals surface area contributed by atoms with Gasteiger partial charge in [0.25, 0.3) is 5.69 Å². The van der Waals surface area contributed by atoms with Gasteiger partial charge in [-0.05, 0) is 5.56 Å². The average molecular weight is 234 g/mol. The van der Waals surface area contributed by atoms with Crippen LogP contribution in [-0.4, -0.2) is 11.1 Å². The Morgan fingerprint density at radius 1 is 1.44 bits per heavy atom. The molecular weight excluding hydrogens is 225 g/mol. The number of nitrogens with zero attached hydrogens (tertiary/aromatic N) is 1. The van der Waals surface area contributed by atoms with Crippen molar-refractivity contribution in [3.63, 3.8) is 0 Å². The number of nitrogens with two attached hydrogens (primary N) is 1. The van der Waals surface area contributed by atoms with E-state index in [0.717, 1.165) is 6.07 Å². The van der Waals surface area contributed by atoms with Crippen LogP contribution in [0.3, 0.4) is 0 Å². The average Bonchev–Trinajstić information content (AvgIpc) is 2.15. The molecule has 0 aromatic heterocycles. The van der Waals surface area contributed by atoms with Crippen LogP contribution in [0.2, 0.25) is 0 Å². The van der Waals surface area contributed by atoms with Gasteiger partial charge in [0.1, 0.15) is 0 Å². The fourth-order valence-corrected chi connectivity index (χ4v) is 1.24. The van der Waals surface area contributed by atoms with E-state index in [2.05, 4.69) is 0 Å². The Morgan fingerprint density at radius 3 is 2.56 bits per heavy atom. The summed E-state index contributed by atoms with van der Waals surface area (Å²) in [4.78, 5) is 9.73. The van der Waals surface area contributed by atoms with Crippen molar-refractivity contribution in [3.05, 3.63) is 39.9 Å². The van der Waals surface area contributed by atoms with E-state index >= 15 is 0 Å². The first-order valence-corrected chi connectivity index (χ1v) is 4.36. The number of alkyl halides is 3. The second-order valence-electron chi connectivity index (χ2n) is 3.28. The largest absolute Gasteiger partial charge is 0.390 e. The van der Waals surface area contributed by atoms with E-state index in [1.807, 2.05) is 0 Å². The molecule has 0 spiro atoms. The molecule has 7 heteroatoms. The number of hydrogen-bond acceptors (Lipinski definition) is 3. The number of halogens is 3. The number of benzene rings is 1. The van der Waals surface area contributed by atoms with Crippen molar-refractivity contribution < 1.29 is 18.1 Å². The van der Waals surface area contributed by atoms with Gasteiger partial charge in [0, 0.05) is 18.2 Å². The quantitative estimate of drug-likeness (QED) is 0.645. The Hall–Kier alpha value is -1.63. The minimum Gasteiger partial charge on any atom is -0.324 e. The first-order chi connectivity index (χ1) is 7.29. The van der Waals surface area contributed by atoms with Crippen molar-refractivity contribution >= 4 is 5.69 Å². The van der Waals surface area contributed by atoms with E-state index in [1.165, 1.54) is 18.2 Å². The van der Waals surface area contributed by atoms with Gasteiger partial charge in [0.2, 0.25) is 0 Å². The molecule has 1 aromatic rings. The number of nitro groups is 1. The molecular formula is C9H9F3N2O2. The maximum Gasteiger partial charge on any atom is 0.390 e. The topological polar surface area (TPSA) is 69.2 Å². The van der Waals surface area contributed by atoms with Gasteiger partial charge in [0.05, 0.1) is 11.3 Å². The lowest BCUT2D eigenvalue weighted by Gasteiger charge is -2.13. The molecule has 1 rings (SSSR count). The molecule has 0 fully saturated rings. The Morgan fingerprint density at radius 2 is 2.06 bits per heavy atom. The van der Waals surface area contributed by atoms with Gasteiger partial charge < -0.3 is 5.73 Å². The second kappa shape index (κ2) is 4.48. The van der Waals surface area contributed by atoms with Crippen molar-refractivity contribution in [3.8, 4) is 0 Å². The molecule has 2 N–H and O–H groups in total. The maximum atomic E-state index is 12.0. The van der Waals surface area contributed by atoms with Crippen LogP contribution in [-0.2, 0) is 0 Å². The van der Waals surface area contributed by atoms with Crippen molar-refractivity contribution in [1.82, 2.24) is 0 Å². The van der Waals surface area contributed by atoms with Crippen LogP contribution in [0, 0.1) is 10.1 Å². The highest BCUT2D eigenvalue weighted by Crippen LogP contribution is 2.29. The molecule has 0 amide bonds. The first-order valence-electron chi connectivity index (χ1n) is 4.36. The summed E-state index contributed by atoms with van der Waals surface area (Å²) in [5.41, 5.74) is 5.14. The van der Waals surface area contributed by atoms with E-state index < -0.39 is 23.6 Å². The lowest BCUT2D eigenvalue weighted by atomic mass is 10.0. The van der Waals surface area contributed by atoms with Gasteiger partial charge in [-0.1, -0.05) is 12.1 Å². The predicted molar refractivity (Wildman–Crippen MR) is 50.7 cm³/mol. The molecule has 0 bridgehead atoms. The molecule has 0 unspecified atom stereocenters. The van der Waals surface area contributed by atoms with Crippen molar-refractivity contribution in [1.29, 1.82) is 0 Å². The van der Waals surface area contributed by atoms with Crippen LogP contribution in [0.15, 0.2) is 24.3 Å². The summed E-state index contributed by atoms with van der Waals surface area (Å²) >= 11 is 0. The van der Waals surface area contributed by atoms with Crippen molar-refractivity contribution in [2.24, 2.45) is 5.73 Å². The third kappa shape index (κ3) is 3.50. The zero-order chi connectivity index (χ0) is 12.3. The van der Waals surface area contributed by atoms with Gasteiger partial charge in [-0.2, -0.15) is 13.2 Å². The molecule has 1 atom stereocenters. The standard InChI is InChI=1S/C9H9F3N2O2/c10-9(11,12)5-8(13)6-2-1-3-7(4-6)14(15)16/h1-4,8H,5,13H2/t8-/m1/s1. The summed E-state index contributed by atoms with van der Waals surface area (Å²) in [6.45, 7) is 0. The van der Waals surface area contributed by atoms with Crippen LogP contribution >= 0.6 is 0 Å². The highest BCUT2D eigenvalue weighted by Gasteiger charge is 2.31. The van der Waals surface area contributed by atoms with E-state index in [0.29, 0.717) is 0 Å². The first kappa shape index (κ1) is 12.4. The second-order valence-corrected chi connectivity index (χ2v) is 3.28. The summed E-state index contributed by atoms with van der Waals surface area (Å²) in [6.07, 6.45) is -5.59. The number of non-ortho nitro benzene ring substituents is 1. The molecule has 0 radical (unpaired) electrons. The van der Waals surface area contributed by atoms with Crippen LogP contribution in [0.1, 0.15) is 18.0 Å². The molecule has 0 aliphatic heterocycles. The van der Waals surface area contributed by atoms with Gasteiger partial charge in [-0.25, -0.2) is 0 Å². The fourth-order valence-electron chi connectivity index (χ4n) is 1.24. The molecule has 0 aliphatic carbocycles. The Bertz CT molecular complexity index is 393. The minimum atomic E-state index is -4.38. The zero-order valence-electron chi connectivity index (χ0n) is 8.07. The Kier molecular flexibility index (Phi) is 3.48. The third-order valence-electron chi connectivity index (χ3n) is 1.96. The summed E-state index contributed by atoms with van der Waals surface area (Å²) in [6, 6.07) is 3.62. The molecule has 0 saturated heterocycles. The molecule has 4 nitrogen and oxygen atoms in total. The smallest absolute Gasteiger partial charge is 0.324 e. The van der Waals surface area contributed by atoms with Gasteiger partial charge >= 0.3 is 6.18 Å². The Balaban J connectivity index is 2.87. The summed E-state index contributed by atoms with van der Waals surface area (Å²) in [7, 11) is 0. The van der Waals surface area contributed by atoms with Crippen molar-refractivity contribution in [2.45, 2.75) is 18.6 Å². The fraction of sp³-hybridized carbons (Fsp3) is 0.333. The zero-order valence-corrected chi connectivity index (χ0v) is 8.07. The van der Waals surface area contributed by atoms with Crippen LogP contribution in [0.25, 0.3) is 0 Å². The van der Waals surface area contributed by atoms with E-state index in [9.17, 15) is 23.3 Å². The molecule has 16 heavy (non-hydrogen) atoms. The highest BCUT2D eigenvalue weighted by molar-refractivity contribution is 5.35. The van der Waals surface area contributed by atoms with E-state index in [4.69, 9.17) is 5.73 Å². The van der Waals surface area contributed by atoms with E-state index in [-0.39, 0.29) is 11.3 Å². The molecule has 0 heterocycles. The monoisotopic (exact) mass is 234 g/mol. The van der Waals surface area contributed by atoms with Crippen molar-refractivity contribution in [2.75, 3.05) is 0 Å². The Labute approximate surface area is 89.0 Å². The predicted octanol–water partition coefficient (Wildman–Crippen LogP) is 2.55. The molecule has 1 aromatic carbocycles. The van der Waals surface area contributed by atoms with Crippen LogP contribution < -0.4 is 5.73 Å². The summed E-state index contributed by atoms with van der Waals surface area (Å²) in [5, 5.41) is 10.4. The summed E-state index contributed by atoms with van der Waals surface area (Å²) in [5.74, 6) is 0. The maximum absolute atomic E-state index is 12.0. The molecule has 0 aliphatic rings. The number of hydrogen-bond donors (Lipinski definition) is 1. The van der Waals surface area contributed by atoms with Gasteiger partial charge in [0.15, 0.2) is 0 Å².